The van der Waals surface area contributed by atoms with Crippen LogP contribution in [0.4, 0.5) is 0 Å². The molecular formula is C17H34N2. The fourth-order valence-corrected chi connectivity index (χ4v) is 4.49. The number of rotatable bonds is 2. The SMILES string of the molecule is CC1CCN(C2(CN)CCC(C)(C)CC2C)CC1C. The minimum Gasteiger partial charge on any atom is -0.329 e. The number of nitrogens with zero attached hydrogens (tertiary/aromatic N) is 1. The molecule has 2 nitrogen and oxygen atoms in total. The van der Waals surface area contributed by atoms with Crippen LogP contribution in [0, 0.1) is 23.2 Å². The molecule has 112 valence electrons. The van der Waals surface area contributed by atoms with Crippen LogP contribution >= 0.6 is 0 Å². The fraction of sp³-hybridized carbons (Fsp3) is 1.00. The van der Waals surface area contributed by atoms with Crippen molar-refractivity contribution in [3.8, 4) is 0 Å². The van der Waals surface area contributed by atoms with Crippen molar-refractivity contribution >= 4 is 0 Å². The Bertz CT molecular complexity index is 312. The van der Waals surface area contributed by atoms with Gasteiger partial charge in [-0.15, -0.1) is 0 Å². The molecule has 1 saturated carbocycles. The van der Waals surface area contributed by atoms with E-state index < -0.39 is 0 Å². The zero-order chi connectivity index (χ0) is 14.3. The van der Waals surface area contributed by atoms with E-state index in [1.165, 1.54) is 38.8 Å². The lowest BCUT2D eigenvalue weighted by Gasteiger charge is -2.56. The standard InChI is InChI=1S/C17H34N2/c1-13-6-9-19(11-14(13)2)17(12-18)8-7-16(4,5)10-15(17)3/h13-15H,6-12,18H2,1-5H3. The van der Waals surface area contributed by atoms with E-state index in [0.29, 0.717) is 5.41 Å². The van der Waals surface area contributed by atoms with E-state index in [1.54, 1.807) is 0 Å². The zero-order valence-electron chi connectivity index (χ0n) is 13.7. The van der Waals surface area contributed by atoms with Gasteiger partial charge in [0, 0.05) is 18.6 Å². The highest BCUT2D eigenvalue weighted by molar-refractivity contribution is 5.03. The highest BCUT2D eigenvalue weighted by atomic mass is 15.2. The molecule has 0 aromatic heterocycles. The fourth-order valence-electron chi connectivity index (χ4n) is 4.49. The molecule has 0 spiro atoms. The summed E-state index contributed by atoms with van der Waals surface area (Å²) < 4.78 is 0. The van der Waals surface area contributed by atoms with Gasteiger partial charge in [-0.3, -0.25) is 4.90 Å². The Morgan fingerprint density at radius 3 is 2.32 bits per heavy atom. The van der Waals surface area contributed by atoms with Gasteiger partial charge in [-0.1, -0.05) is 34.6 Å². The van der Waals surface area contributed by atoms with Gasteiger partial charge in [0.2, 0.25) is 0 Å². The molecule has 0 radical (unpaired) electrons. The molecule has 1 heterocycles. The van der Waals surface area contributed by atoms with E-state index in [1.807, 2.05) is 0 Å². The second kappa shape index (κ2) is 5.37. The van der Waals surface area contributed by atoms with Crippen molar-refractivity contribution in [2.75, 3.05) is 19.6 Å². The van der Waals surface area contributed by atoms with E-state index in [-0.39, 0.29) is 5.54 Å². The Balaban J connectivity index is 2.14. The summed E-state index contributed by atoms with van der Waals surface area (Å²) in [5, 5.41) is 0. The van der Waals surface area contributed by atoms with Crippen LogP contribution < -0.4 is 5.73 Å². The Morgan fingerprint density at radius 2 is 1.79 bits per heavy atom. The van der Waals surface area contributed by atoms with E-state index in [9.17, 15) is 0 Å². The van der Waals surface area contributed by atoms with Crippen molar-refractivity contribution in [2.45, 2.75) is 65.8 Å². The van der Waals surface area contributed by atoms with Crippen LogP contribution in [-0.4, -0.2) is 30.1 Å². The smallest absolute Gasteiger partial charge is 0.0357 e. The summed E-state index contributed by atoms with van der Waals surface area (Å²) in [6.07, 6.45) is 5.29. The first-order valence-corrected chi connectivity index (χ1v) is 8.26. The molecule has 0 amide bonds. The zero-order valence-corrected chi connectivity index (χ0v) is 13.7. The molecule has 2 aliphatic rings. The summed E-state index contributed by atoms with van der Waals surface area (Å²) in [5.41, 5.74) is 7.07. The molecule has 0 aromatic rings. The van der Waals surface area contributed by atoms with Gasteiger partial charge in [0.05, 0.1) is 0 Å². The predicted molar refractivity (Wildman–Crippen MR) is 83.1 cm³/mol. The Hall–Kier alpha value is -0.0800. The lowest BCUT2D eigenvalue weighted by Crippen LogP contribution is -2.63. The third-order valence-electron chi connectivity index (χ3n) is 6.33. The highest BCUT2D eigenvalue weighted by Crippen LogP contribution is 2.47. The summed E-state index contributed by atoms with van der Waals surface area (Å²) >= 11 is 0. The molecule has 2 fully saturated rings. The normalized spacial score (nSPS) is 44.2. The van der Waals surface area contributed by atoms with E-state index >= 15 is 0 Å². The molecule has 2 heteroatoms. The number of piperidine rings is 1. The van der Waals surface area contributed by atoms with Gasteiger partial charge in [0.1, 0.15) is 0 Å². The topological polar surface area (TPSA) is 29.3 Å². The maximum atomic E-state index is 6.29. The largest absolute Gasteiger partial charge is 0.329 e. The lowest BCUT2D eigenvalue weighted by molar-refractivity contribution is -0.0500. The van der Waals surface area contributed by atoms with Gasteiger partial charge in [-0.05, 0) is 55.4 Å². The summed E-state index contributed by atoms with van der Waals surface area (Å²) in [6, 6.07) is 0. The van der Waals surface area contributed by atoms with Crippen LogP contribution in [0.2, 0.25) is 0 Å². The average Bonchev–Trinajstić information content (AvgIpc) is 2.33. The summed E-state index contributed by atoms with van der Waals surface area (Å²) in [6.45, 7) is 15.5. The van der Waals surface area contributed by atoms with E-state index in [2.05, 4.69) is 39.5 Å². The quantitative estimate of drug-likeness (QED) is 0.829. The number of hydrogen-bond donors (Lipinski definition) is 1. The van der Waals surface area contributed by atoms with Crippen molar-refractivity contribution in [2.24, 2.45) is 28.9 Å². The average molecular weight is 266 g/mol. The molecule has 0 bridgehead atoms. The van der Waals surface area contributed by atoms with Crippen LogP contribution in [0.5, 0.6) is 0 Å². The molecule has 1 aliphatic heterocycles. The van der Waals surface area contributed by atoms with Crippen LogP contribution in [-0.2, 0) is 0 Å². The lowest BCUT2D eigenvalue weighted by atomic mass is 9.62. The molecule has 4 unspecified atom stereocenters. The highest BCUT2D eigenvalue weighted by Gasteiger charge is 2.47. The Kier molecular flexibility index (Phi) is 4.32. The third kappa shape index (κ3) is 2.85. The number of hydrogen-bond acceptors (Lipinski definition) is 2. The van der Waals surface area contributed by atoms with Crippen LogP contribution in [0.1, 0.15) is 60.3 Å². The van der Waals surface area contributed by atoms with Crippen molar-refractivity contribution in [3.05, 3.63) is 0 Å². The van der Waals surface area contributed by atoms with Crippen molar-refractivity contribution in [1.82, 2.24) is 4.90 Å². The monoisotopic (exact) mass is 266 g/mol. The van der Waals surface area contributed by atoms with Gasteiger partial charge in [-0.25, -0.2) is 0 Å². The van der Waals surface area contributed by atoms with Gasteiger partial charge in [0.25, 0.3) is 0 Å². The maximum Gasteiger partial charge on any atom is 0.0357 e. The molecule has 2 rings (SSSR count). The van der Waals surface area contributed by atoms with E-state index in [0.717, 1.165) is 24.3 Å². The van der Waals surface area contributed by atoms with Crippen LogP contribution in [0.15, 0.2) is 0 Å². The minimum absolute atomic E-state index is 0.282. The van der Waals surface area contributed by atoms with Gasteiger partial charge >= 0.3 is 0 Å². The molecule has 2 N–H and O–H groups in total. The minimum atomic E-state index is 0.282. The van der Waals surface area contributed by atoms with Crippen molar-refractivity contribution in [1.29, 1.82) is 0 Å². The third-order valence-corrected chi connectivity index (χ3v) is 6.33. The van der Waals surface area contributed by atoms with Crippen molar-refractivity contribution in [3.63, 3.8) is 0 Å². The summed E-state index contributed by atoms with van der Waals surface area (Å²) in [7, 11) is 0. The van der Waals surface area contributed by atoms with Crippen LogP contribution in [0.3, 0.4) is 0 Å². The maximum absolute atomic E-state index is 6.29. The predicted octanol–water partition coefficient (Wildman–Crippen LogP) is 3.51. The molecule has 19 heavy (non-hydrogen) atoms. The van der Waals surface area contributed by atoms with Gasteiger partial charge in [-0.2, -0.15) is 0 Å². The van der Waals surface area contributed by atoms with E-state index in [4.69, 9.17) is 5.73 Å². The number of likely N-dealkylation sites (tertiary alicyclic amines) is 1. The summed E-state index contributed by atoms with van der Waals surface area (Å²) in [5.74, 6) is 2.42. The molecule has 0 aromatic carbocycles. The first-order chi connectivity index (χ1) is 8.81. The Morgan fingerprint density at radius 1 is 1.11 bits per heavy atom. The second-order valence-corrected chi connectivity index (χ2v) is 8.27. The van der Waals surface area contributed by atoms with Gasteiger partial charge in [0.15, 0.2) is 0 Å². The first kappa shape index (κ1) is 15.3. The molecule has 1 aliphatic carbocycles. The van der Waals surface area contributed by atoms with Crippen LogP contribution in [0.25, 0.3) is 0 Å². The number of nitrogens with two attached hydrogens (primary N) is 1. The molecular weight excluding hydrogens is 232 g/mol. The molecule has 1 saturated heterocycles. The van der Waals surface area contributed by atoms with Crippen molar-refractivity contribution < 1.29 is 0 Å². The summed E-state index contributed by atoms with van der Waals surface area (Å²) in [4.78, 5) is 2.76. The first-order valence-electron chi connectivity index (χ1n) is 8.26. The van der Waals surface area contributed by atoms with Gasteiger partial charge < -0.3 is 5.73 Å². The second-order valence-electron chi connectivity index (χ2n) is 8.27. The molecule has 4 atom stereocenters. The Labute approximate surface area is 120 Å².